The van der Waals surface area contributed by atoms with Gasteiger partial charge in [0.2, 0.25) is 5.91 Å². The van der Waals surface area contributed by atoms with Crippen molar-refractivity contribution in [2.45, 2.75) is 31.3 Å². The van der Waals surface area contributed by atoms with Gasteiger partial charge in [-0.3, -0.25) is 4.79 Å². The average Bonchev–Trinajstić information content (AvgIpc) is 3.43. The molecule has 3 aromatic rings. The van der Waals surface area contributed by atoms with Crippen LogP contribution in [0, 0.1) is 0 Å². The first kappa shape index (κ1) is 15.8. The Bertz CT molecular complexity index is 884. The van der Waals surface area contributed by atoms with Gasteiger partial charge in [0.25, 0.3) is 0 Å². The van der Waals surface area contributed by atoms with E-state index in [1.54, 1.807) is 0 Å². The number of carbonyl (C=O) groups excluding carboxylic acids is 1. The average molecular weight is 335 g/mol. The SMILES string of the molecule is O=C(Cn1c(C2CC2)nc2ccccc21)NC(CO)c1ccccc1. The molecule has 0 aliphatic heterocycles. The lowest BCUT2D eigenvalue weighted by Crippen LogP contribution is -2.33. The summed E-state index contributed by atoms with van der Waals surface area (Å²) in [4.78, 5) is 17.3. The largest absolute Gasteiger partial charge is 0.394 e. The van der Waals surface area contributed by atoms with E-state index in [1.165, 1.54) is 0 Å². The fourth-order valence-corrected chi connectivity index (χ4v) is 3.22. The zero-order chi connectivity index (χ0) is 17.2. The van der Waals surface area contributed by atoms with Gasteiger partial charge in [-0.05, 0) is 30.5 Å². The van der Waals surface area contributed by atoms with Gasteiger partial charge in [0.05, 0.1) is 23.7 Å². The van der Waals surface area contributed by atoms with Crippen molar-refractivity contribution in [1.82, 2.24) is 14.9 Å². The normalized spacial score (nSPS) is 15.2. The summed E-state index contributed by atoms with van der Waals surface area (Å²) in [7, 11) is 0. The van der Waals surface area contributed by atoms with Gasteiger partial charge < -0.3 is 15.0 Å². The molecule has 5 nitrogen and oxygen atoms in total. The summed E-state index contributed by atoms with van der Waals surface area (Å²) in [6.45, 7) is 0.0889. The highest BCUT2D eigenvalue weighted by molar-refractivity contribution is 5.81. The third kappa shape index (κ3) is 3.28. The lowest BCUT2D eigenvalue weighted by atomic mass is 10.1. The van der Waals surface area contributed by atoms with Gasteiger partial charge in [-0.25, -0.2) is 4.98 Å². The molecule has 1 saturated carbocycles. The number of rotatable bonds is 6. The minimum Gasteiger partial charge on any atom is -0.394 e. The van der Waals surface area contributed by atoms with Crippen molar-refractivity contribution in [2.24, 2.45) is 0 Å². The number of aromatic nitrogens is 2. The number of carbonyl (C=O) groups is 1. The molecule has 1 unspecified atom stereocenters. The number of hydrogen-bond acceptors (Lipinski definition) is 3. The van der Waals surface area contributed by atoms with Crippen LogP contribution < -0.4 is 5.32 Å². The first-order valence-electron chi connectivity index (χ1n) is 8.66. The molecular weight excluding hydrogens is 314 g/mol. The number of aliphatic hydroxyl groups excluding tert-OH is 1. The van der Waals surface area contributed by atoms with Crippen LogP contribution >= 0.6 is 0 Å². The Hall–Kier alpha value is -2.66. The Morgan fingerprint density at radius 2 is 1.88 bits per heavy atom. The first-order chi connectivity index (χ1) is 12.3. The molecule has 4 rings (SSSR count). The maximum Gasteiger partial charge on any atom is 0.240 e. The Balaban J connectivity index is 1.56. The first-order valence-corrected chi connectivity index (χ1v) is 8.66. The van der Waals surface area contributed by atoms with Gasteiger partial charge in [0.1, 0.15) is 12.4 Å². The molecule has 1 aromatic heterocycles. The van der Waals surface area contributed by atoms with E-state index in [1.807, 2.05) is 59.2 Å². The number of imidazole rings is 1. The molecule has 1 heterocycles. The summed E-state index contributed by atoms with van der Waals surface area (Å²) in [5.74, 6) is 1.34. The lowest BCUT2D eigenvalue weighted by molar-refractivity contribution is -0.122. The van der Waals surface area contributed by atoms with Crippen LogP contribution in [0.5, 0.6) is 0 Å². The summed E-state index contributed by atoms with van der Waals surface area (Å²) in [5.41, 5.74) is 2.81. The molecule has 1 fully saturated rings. The summed E-state index contributed by atoms with van der Waals surface area (Å²) in [6, 6.07) is 17.1. The molecule has 0 bridgehead atoms. The highest BCUT2D eigenvalue weighted by Crippen LogP contribution is 2.40. The van der Waals surface area contributed by atoms with E-state index in [0.717, 1.165) is 35.3 Å². The van der Waals surface area contributed by atoms with E-state index in [2.05, 4.69) is 5.32 Å². The molecular formula is C20H21N3O2. The van der Waals surface area contributed by atoms with E-state index in [9.17, 15) is 9.90 Å². The second kappa shape index (κ2) is 6.69. The van der Waals surface area contributed by atoms with Gasteiger partial charge in [-0.2, -0.15) is 0 Å². The molecule has 25 heavy (non-hydrogen) atoms. The van der Waals surface area contributed by atoms with Crippen LogP contribution in [0.3, 0.4) is 0 Å². The third-order valence-corrected chi connectivity index (χ3v) is 4.65. The van der Waals surface area contributed by atoms with Gasteiger partial charge in [0, 0.05) is 5.92 Å². The smallest absolute Gasteiger partial charge is 0.240 e. The number of benzene rings is 2. The van der Waals surface area contributed by atoms with Crippen molar-refractivity contribution in [3.05, 3.63) is 66.0 Å². The fourth-order valence-electron chi connectivity index (χ4n) is 3.22. The van der Waals surface area contributed by atoms with E-state index in [4.69, 9.17) is 4.98 Å². The number of nitrogens with zero attached hydrogens (tertiary/aromatic N) is 2. The van der Waals surface area contributed by atoms with Gasteiger partial charge in [0.15, 0.2) is 0 Å². The molecule has 128 valence electrons. The van der Waals surface area contributed by atoms with Crippen molar-refractivity contribution in [3.8, 4) is 0 Å². The standard InChI is InChI=1S/C20H21N3O2/c24-13-17(14-6-2-1-3-7-14)21-19(25)12-23-18-9-5-4-8-16(18)22-20(23)15-10-11-15/h1-9,15,17,24H,10-13H2,(H,21,25). The quantitative estimate of drug-likeness (QED) is 0.728. The number of para-hydroxylation sites is 2. The Morgan fingerprint density at radius 3 is 2.60 bits per heavy atom. The van der Waals surface area contributed by atoms with Crippen molar-refractivity contribution < 1.29 is 9.90 Å². The molecule has 1 aliphatic carbocycles. The van der Waals surface area contributed by atoms with Crippen molar-refractivity contribution in [3.63, 3.8) is 0 Å². The zero-order valence-corrected chi connectivity index (χ0v) is 13.9. The van der Waals surface area contributed by atoms with Crippen LogP contribution in [-0.4, -0.2) is 27.2 Å². The van der Waals surface area contributed by atoms with E-state index in [-0.39, 0.29) is 19.1 Å². The monoisotopic (exact) mass is 335 g/mol. The highest BCUT2D eigenvalue weighted by atomic mass is 16.3. The van der Waals surface area contributed by atoms with Crippen molar-refractivity contribution in [1.29, 1.82) is 0 Å². The van der Waals surface area contributed by atoms with Crippen LogP contribution in [-0.2, 0) is 11.3 Å². The molecule has 1 aliphatic rings. The van der Waals surface area contributed by atoms with Crippen LogP contribution in [0.15, 0.2) is 54.6 Å². The minimum atomic E-state index is -0.395. The molecule has 0 saturated heterocycles. The van der Waals surface area contributed by atoms with Crippen LogP contribution in [0.25, 0.3) is 11.0 Å². The molecule has 0 spiro atoms. The second-order valence-electron chi connectivity index (χ2n) is 6.53. The summed E-state index contributed by atoms with van der Waals surface area (Å²) in [6.07, 6.45) is 2.27. The minimum absolute atomic E-state index is 0.118. The van der Waals surface area contributed by atoms with Crippen LogP contribution in [0.2, 0.25) is 0 Å². The van der Waals surface area contributed by atoms with E-state index in [0.29, 0.717) is 5.92 Å². The Kier molecular flexibility index (Phi) is 4.24. The molecule has 2 aromatic carbocycles. The lowest BCUT2D eigenvalue weighted by Gasteiger charge is -2.17. The second-order valence-corrected chi connectivity index (χ2v) is 6.53. The Morgan fingerprint density at radius 1 is 1.16 bits per heavy atom. The molecule has 5 heteroatoms. The number of aliphatic hydroxyl groups is 1. The van der Waals surface area contributed by atoms with Crippen LogP contribution in [0.4, 0.5) is 0 Å². The number of fused-ring (bicyclic) bond motifs is 1. The maximum absolute atomic E-state index is 12.6. The molecule has 0 radical (unpaired) electrons. The van der Waals surface area contributed by atoms with Crippen molar-refractivity contribution >= 4 is 16.9 Å². The number of nitrogens with one attached hydrogen (secondary N) is 1. The topological polar surface area (TPSA) is 67.2 Å². The fraction of sp³-hybridized carbons (Fsp3) is 0.300. The molecule has 2 N–H and O–H groups in total. The van der Waals surface area contributed by atoms with Crippen molar-refractivity contribution in [2.75, 3.05) is 6.61 Å². The third-order valence-electron chi connectivity index (χ3n) is 4.65. The molecule has 1 amide bonds. The molecule has 1 atom stereocenters. The van der Waals surface area contributed by atoms with Gasteiger partial charge >= 0.3 is 0 Å². The van der Waals surface area contributed by atoms with Gasteiger partial charge in [-0.1, -0.05) is 42.5 Å². The van der Waals surface area contributed by atoms with Gasteiger partial charge in [-0.15, -0.1) is 0 Å². The van der Waals surface area contributed by atoms with E-state index >= 15 is 0 Å². The highest BCUT2D eigenvalue weighted by Gasteiger charge is 2.30. The zero-order valence-electron chi connectivity index (χ0n) is 13.9. The predicted octanol–water partition coefficient (Wildman–Crippen LogP) is 2.76. The summed E-state index contributed by atoms with van der Waals surface area (Å²) in [5, 5.41) is 12.6. The maximum atomic E-state index is 12.6. The predicted molar refractivity (Wildman–Crippen MR) is 96.1 cm³/mol. The van der Waals surface area contributed by atoms with E-state index < -0.39 is 6.04 Å². The summed E-state index contributed by atoms with van der Waals surface area (Å²) < 4.78 is 2.02. The van der Waals surface area contributed by atoms with Crippen LogP contribution in [0.1, 0.15) is 36.2 Å². The summed E-state index contributed by atoms with van der Waals surface area (Å²) >= 11 is 0. The Labute approximate surface area is 146 Å². The number of hydrogen-bond donors (Lipinski definition) is 2. The number of amides is 1.